The van der Waals surface area contributed by atoms with Crippen molar-refractivity contribution < 1.29 is 9.31 Å². The van der Waals surface area contributed by atoms with Crippen molar-refractivity contribution in [3.8, 4) is 0 Å². The average molecular weight is 301 g/mol. The first-order valence-electron chi connectivity index (χ1n) is 8.47. The van der Waals surface area contributed by atoms with E-state index in [1.165, 1.54) is 24.9 Å². The molecule has 1 aromatic carbocycles. The molecule has 120 valence electrons. The molecule has 4 heteroatoms. The minimum absolute atomic E-state index is 0.263. The molecule has 0 amide bonds. The van der Waals surface area contributed by atoms with E-state index in [2.05, 4.69) is 63.8 Å². The monoisotopic (exact) mass is 301 g/mol. The molecule has 0 aliphatic carbocycles. The second kappa shape index (κ2) is 5.66. The lowest BCUT2D eigenvalue weighted by atomic mass is 9.78. The second-order valence-electron chi connectivity index (χ2n) is 7.80. The van der Waals surface area contributed by atoms with Crippen LogP contribution in [0.3, 0.4) is 0 Å². The third kappa shape index (κ3) is 2.97. The van der Waals surface area contributed by atoms with Gasteiger partial charge in [0.05, 0.1) is 11.2 Å². The molecule has 22 heavy (non-hydrogen) atoms. The highest BCUT2D eigenvalue weighted by Crippen LogP contribution is 2.36. The van der Waals surface area contributed by atoms with Crippen LogP contribution in [-0.2, 0) is 15.9 Å². The van der Waals surface area contributed by atoms with Gasteiger partial charge in [0.1, 0.15) is 0 Å². The Balaban J connectivity index is 1.75. The number of likely N-dealkylation sites (tertiary alicyclic amines) is 1. The fourth-order valence-corrected chi connectivity index (χ4v) is 3.28. The van der Waals surface area contributed by atoms with E-state index in [-0.39, 0.29) is 18.3 Å². The second-order valence-corrected chi connectivity index (χ2v) is 7.80. The maximum Gasteiger partial charge on any atom is 0.494 e. The summed E-state index contributed by atoms with van der Waals surface area (Å²) in [5.74, 6) is 0. The molecule has 1 aromatic rings. The Morgan fingerprint density at radius 1 is 1.18 bits per heavy atom. The summed E-state index contributed by atoms with van der Waals surface area (Å²) in [6.07, 6.45) is 2.63. The molecule has 2 aliphatic heterocycles. The lowest BCUT2D eigenvalue weighted by molar-refractivity contribution is 0.00578. The number of hydrogen-bond donors (Lipinski definition) is 0. The first-order valence-corrected chi connectivity index (χ1v) is 8.47. The van der Waals surface area contributed by atoms with E-state index in [1.807, 2.05) is 0 Å². The number of hydrogen-bond acceptors (Lipinski definition) is 3. The Bertz CT molecular complexity index is 528. The van der Waals surface area contributed by atoms with Crippen molar-refractivity contribution in [1.82, 2.24) is 4.90 Å². The number of nitrogens with zero attached hydrogens (tertiary/aromatic N) is 1. The van der Waals surface area contributed by atoms with Crippen LogP contribution in [0.1, 0.15) is 53.0 Å². The van der Waals surface area contributed by atoms with Gasteiger partial charge in [-0.3, -0.25) is 4.90 Å². The molecule has 2 heterocycles. The third-order valence-electron chi connectivity index (χ3n) is 5.55. The first-order chi connectivity index (χ1) is 10.3. The van der Waals surface area contributed by atoms with E-state index in [0.717, 1.165) is 12.0 Å². The highest BCUT2D eigenvalue weighted by molar-refractivity contribution is 6.62. The van der Waals surface area contributed by atoms with Crippen LogP contribution in [0.2, 0.25) is 0 Å². The van der Waals surface area contributed by atoms with E-state index < -0.39 is 0 Å². The quantitative estimate of drug-likeness (QED) is 0.801. The van der Waals surface area contributed by atoms with Crippen molar-refractivity contribution in [2.24, 2.45) is 0 Å². The molecule has 2 fully saturated rings. The Labute approximate surface area is 135 Å². The molecule has 0 bridgehead atoms. The smallest absolute Gasteiger partial charge is 0.399 e. The maximum absolute atomic E-state index is 6.16. The average Bonchev–Trinajstić information content (AvgIpc) is 2.92. The summed E-state index contributed by atoms with van der Waals surface area (Å²) in [5.41, 5.74) is 1.91. The molecule has 2 saturated heterocycles. The molecule has 1 atom stereocenters. The van der Waals surface area contributed by atoms with Gasteiger partial charge in [0.15, 0.2) is 0 Å². The van der Waals surface area contributed by atoms with Gasteiger partial charge in [0.25, 0.3) is 0 Å². The summed E-state index contributed by atoms with van der Waals surface area (Å²) < 4.78 is 12.3. The van der Waals surface area contributed by atoms with Crippen molar-refractivity contribution in [3.05, 3.63) is 29.8 Å². The molecule has 0 aromatic heterocycles. The normalized spacial score (nSPS) is 27.5. The van der Waals surface area contributed by atoms with Crippen LogP contribution < -0.4 is 5.46 Å². The summed E-state index contributed by atoms with van der Waals surface area (Å²) in [6, 6.07) is 9.38. The molecule has 0 unspecified atom stereocenters. The summed E-state index contributed by atoms with van der Waals surface area (Å²) in [5, 5.41) is 0. The van der Waals surface area contributed by atoms with Crippen LogP contribution in [0.5, 0.6) is 0 Å². The van der Waals surface area contributed by atoms with Crippen molar-refractivity contribution in [1.29, 1.82) is 0 Å². The van der Waals surface area contributed by atoms with Crippen LogP contribution in [-0.4, -0.2) is 35.8 Å². The Morgan fingerprint density at radius 2 is 1.86 bits per heavy atom. The minimum Gasteiger partial charge on any atom is -0.399 e. The third-order valence-corrected chi connectivity index (χ3v) is 5.55. The van der Waals surface area contributed by atoms with Crippen molar-refractivity contribution in [2.45, 2.75) is 71.2 Å². The molecule has 0 saturated carbocycles. The fraction of sp³-hybridized carbons (Fsp3) is 0.667. The summed E-state index contributed by atoms with van der Waals surface area (Å²) in [7, 11) is -0.263. The van der Waals surface area contributed by atoms with Crippen molar-refractivity contribution >= 4 is 12.6 Å². The van der Waals surface area contributed by atoms with Gasteiger partial charge >= 0.3 is 7.12 Å². The Kier molecular flexibility index (Phi) is 4.13. The molecule has 3 nitrogen and oxygen atoms in total. The van der Waals surface area contributed by atoms with Crippen LogP contribution in [0.15, 0.2) is 24.3 Å². The van der Waals surface area contributed by atoms with Crippen molar-refractivity contribution in [2.75, 3.05) is 6.54 Å². The zero-order valence-corrected chi connectivity index (χ0v) is 14.6. The molecule has 3 rings (SSSR count). The topological polar surface area (TPSA) is 21.7 Å². The van der Waals surface area contributed by atoms with E-state index in [9.17, 15) is 0 Å². The first kappa shape index (κ1) is 16.0. The van der Waals surface area contributed by atoms with Gasteiger partial charge in [-0.25, -0.2) is 0 Å². The van der Waals surface area contributed by atoms with E-state index in [0.29, 0.717) is 6.04 Å². The lowest BCUT2D eigenvalue weighted by Gasteiger charge is -2.32. The highest BCUT2D eigenvalue weighted by Gasteiger charge is 2.51. The summed E-state index contributed by atoms with van der Waals surface area (Å²) in [4.78, 5) is 2.56. The maximum atomic E-state index is 6.16. The van der Waals surface area contributed by atoms with Gasteiger partial charge in [-0.2, -0.15) is 0 Å². The Morgan fingerprint density at radius 3 is 2.45 bits per heavy atom. The van der Waals surface area contributed by atoms with Crippen molar-refractivity contribution in [3.63, 3.8) is 0 Å². The van der Waals surface area contributed by atoms with Crippen LogP contribution in [0.25, 0.3) is 0 Å². The predicted octanol–water partition coefficient (Wildman–Crippen LogP) is 2.97. The molecule has 0 spiro atoms. The number of benzene rings is 1. The molecular formula is C18H28BNO2. The summed E-state index contributed by atoms with van der Waals surface area (Å²) in [6.45, 7) is 13.0. The standard InChI is InChI=1S/C18H28BNO2/c1-14-8-7-11-20(14)13-15-9-6-10-16(12-15)19-21-17(2,3)18(4,5)22-19/h6,9-10,12,14H,7-8,11,13H2,1-5H3/t14-/m1/s1. The molecule has 0 radical (unpaired) electrons. The van der Waals surface area contributed by atoms with Gasteiger partial charge in [-0.1, -0.05) is 24.3 Å². The van der Waals surface area contributed by atoms with Gasteiger partial charge in [-0.15, -0.1) is 0 Å². The van der Waals surface area contributed by atoms with Crippen LogP contribution >= 0.6 is 0 Å². The van der Waals surface area contributed by atoms with Crippen LogP contribution in [0, 0.1) is 0 Å². The fourth-order valence-electron chi connectivity index (χ4n) is 3.28. The Hall–Kier alpha value is -0.835. The molecular weight excluding hydrogens is 273 g/mol. The van der Waals surface area contributed by atoms with Gasteiger partial charge in [0.2, 0.25) is 0 Å². The summed E-state index contributed by atoms with van der Waals surface area (Å²) >= 11 is 0. The van der Waals surface area contributed by atoms with E-state index >= 15 is 0 Å². The molecule has 2 aliphatic rings. The minimum atomic E-state index is -0.281. The highest BCUT2D eigenvalue weighted by atomic mass is 16.7. The van der Waals surface area contributed by atoms with E-state index in [1.54, 1.807) is 0 Å². The van der Waals surface area contributed by atoms with Gasteiger partial charge < -0.3 is 9.31 Å². The van der Waals surface area contributed by atoms with Crippen LogP contribution in [0.4, 0.5) is 0 Å². The molecule has 0 N–H and O–H groups in total. The lowest BCUT2D eigenvalue weighted by Crippen LogP contribution is -2.41. The zero-order valence-electron chi connectivity index (χ0n) is 14.6. The predicted molar refractivity (Wildman–Crippen MR) is 91.3 cm³/mol. The van der Waals surface area contributed by atoms with E-state index in [4.69, 9.17) is 9.31 Å². The van der Waals surface area contributed by atoms with Gasteiger partial charge in [-0.05, 0) is 65.0 Å². The number of rotatable bonds is 3. The SMILES string of the molecule is C[C@@H]1CCCN1Cc1cccc(B2OC(C)(C)C(C)(C)O2)c1. The zero-order chi connectivity index (χ0) is 16.0. The van der Waals surface area contributed by atoms with Gasteiger partial charge in [0, 0.05) is 12.6 Å². The largest absolute Gasteiger partial charge is 0.494 e.